The molecule has 1 aromatic carbocycles. The molecule has 2 heterocycles. The van der Waals surface area contributed by atoms with Crippen molar-refractivity contribution in [1.82, 2.24) is 16.0 Å². The van der Waals surface area contributed by atoms with Crippen molar-refractivity contribution in [1.29, 1.82) is 0 Å². The average Bonchev–Trinajstić information content (AvgIpc) is 3.29. The summed E-state index contributed by atoms with van der Waals surface area (Å²) in [6.07, 6.45) is 2.56. The topological polar surface area (TPSA) is 68.8 Å². The molecule has 0 radical (unpaired) electrons. The Morgan fingerprint density at radius 3 is 2.62 bits per heavy atom. The minimum atomic E-state index is 0.0257. The highest BCUT2D eigenvalue weighted by atomic mass is 32.1. The Hall–Kier alpha value is -2.54. The van der Waals surface area contributed by atoms with Crippen molar-refractivity contribution in [2.75, 3.05) is 31.1 Å². The van der Waals surface area contributed by atoms with Crippen molar-refractivity contribution in [3.05, 3.63) is 53.4 Å². The molecule has 29 heavy (non-hydrogen) atoms. The number of carbonyl (C=O) groups excluding carboxylic acids is 1. The summed E-state index contributed by atoms with van der Waals surface area (Å²) in [7, 11) is 0. The van der Waals surface area contributed by atoms with Crippen LogP contribution in [-0.2, 0) is 11.3 Å². The number of piperidine rings is 1. The Bertz CT molecular complexity index is 755. The fourth-order valence-electron chi connectivity index (χ4n) is 3.36. The number of hydrogen-bond acceptors (Lipinski definition) is 4. The lowest BCUT2D eigenvalue weighted by Gasteiger charge is -2.33. The van der Waals surface area contributed by atoms with E-state index in [9.17, 15) is 4.79 Å². The van der Waals surface area contributed by atoms with Crippen molar-refractivity contribution in [2.24, 2.45) is 4.99 Å². The van der Waals surface area contributed by atoms with Gasteiger partial charge >= 0.3 is 0 Å². The second-order valence-corrected chi connectivity index (χ2v) is 8.06. The van der Waals surface area contributed by atoms with E-state index in [4.69, 9.17) is 0 Å². The Morgan fingerprint density at radius 2 is 1.93 bits per heavy atom. The highest BCUT2D eigenvalue weighted by Crippen LogP contribution is 2.24. The first kappa shape index (κ1) is 21.2. The number of anilines is 1. The number of hydrogen-bond donors (Lipinski definition) is 3. The molecular weight excluding hydrogens is 382 g/mol. The van der Waals surface area contributed by atoms with Crippen molar-refractivity contribution >= 4 is 28.2 Å². The normalized spacial score (nSPS) is 15.2. The van der Waals surface area contributed by atoms with E-state index in [1.165, 1.54) is 5.00 Å². The molecule has 1 fully saturated rings. The lowest BCUT2D eigenvalue weighted by atomic mass is 10.1. The third-order valence-corrected chi connectivity index (χ3v) is 5.87. The summed E-state index contributed by atoms with van der Waals surface area (Å²) in [5.74, 6) is 0.829. The van der Waals surface area contributed by atoms with Crippen molar-refractivity contribution in [3.63, 3.8) is 0 Å². The zero-order valence-corrected chi connectivity index (χ0v) is 17.9. The number of rotatable bonds is 8. The number of amides is 1. The molecule has 0 bridgehead atoms. The Balaban J connectivity index is 1.39. The number of thiophene rings is 1. The van der Waals surface area contributed by atoms with E-state index in [0.29, 0.717) is 25.6 Å². The molecule has 1 aliphatic heterocycles. The van der Waals surface area contributed by atoms with E-state index in [1.54, 1.807) is 11.3 Å². The van der Waals surface area contributed by atoms with Crippen LogP contribution in [0.1, 0.15) is 31.7 Å². The molecule has 7 heteroatoms. The highest BCUT2D eigenvalue weighted by Gasteiger charge is 2.20. The highest BCUT2D eigenvalue weighted by molar-refractivity contribution is 7.14. The smallest absolute Gasteiger partial charge is 0.222 e. The van der Waals surface area contributed by atoms with Crippen LogP contribution in [0.15, 0.2) is 52.8 Å². The molecule has 0 saturated carbocycles. The Morgan fingerprint density at radius 1 is 1.14 bits per heavy atom. The van der Waals surface area contributed by atoms with Crippen LogP contribution >= 0.6 is 11.3 Å². The molecule has 1 amide bonds. The van der Waals surface area contributed by atoms with Gasteiger partial charge in [-0.2, -0.15) is 0 Å². The van der Waals surface area contributed by atoms with Gasteiger partial charge in [-0.25, -0.2) is 0 Å². The minimum Gasteiger partial charge on any atom is -0.363 e. The molecule has 1 aliphatic rings. The molecule has 1 aromatic heterocycles. The summed E-state index contributed by atoms with van der Waals surface area (Å²) in [6.45, 7) is 6.01. The van der Waals surface area contributed by atoms with Gasteiger partial charge in [0.25, 0.3) is 0 Å². The van der Waals surface area contributed by atoms with Crippen LogP contribution in [0.5, 0.6) is 0 Å². The summed E-state index contributed by atoms with van der Waals surface area (Å²) in [5.41, 5.74) is 1.10. The third kappa shape index (κ3) is 7.09. The third-order valence-electron chi connectivity index (χ3n) is 4.94. The van der Waals surface area contributed by atoms with Gasteiger partial charge in [-0.3, -0.25) is 9.79 Å². The van der Waals surface area contributed by atoms with Crippen LogP contribution in [0.3, 0.4) is 0 Å². The Labute approximate surface area is 177 Å². The number of nitrogens with zero attached hydrogens (tertiary/aromatic N) is 2. The van der Waals surface area contributed by atoms with E-state index in [0.717, 1.165) is 44.0 Å². The summed E-state index contributed by atoms with van der Waals surface area (Å²) >= 11 is 1.80. The number of guanidine groups is 1. The predicted octanol–water partition coefficient (Wildman–Crippen LogP) is 2.98. The SMILES string of the molecule is CCNC(=NCCC(=O)NCc1ccccc1)NC1CCN(c2cccs2)CC1. The molecule has 0 atom stereocenters. The largest absolute Gasteiger partial charge is 0.363 e. The molecule has 3 N–H and O–H groups in total. The Kier molecular flexibility index (Phi) is 8.37. The standard InChI is InChI=1S/C22H31N5OS/c1-2-23-22(24-13-10-20(28)25-17-18-7-4-3-5-8-18)26-19-11-14-27(15-12-19)21-9-6-16-29-21/h3-9,16,19H,2,10-15,17H2,1H3,(H,25,28)(H2,23,24,26). The molecular formula is C22H31N5OS. The molecule has 0 unspecified atom stereocenters. The number of aliphatic imine (C=N–C) groups is 1. The van der Waals surface area contributed by atoms with Crippen LogP contribution in [-0.4, -0.2) is 44.1 Å². The first-order valence-corrected chi connectivity index (χ1v) is 11.3. The van der Waals surface area contributed by atoms with Gasteiger partial charge in [0.1, 0.15) is 0 Å². The summed E-state index contributed by atoms with van der Waals surface area (Å²) in [6, 6.07) is 14.7. The van der Waals surface area contributed by atoms with E-state index in [2.05, 4.69) is 50.3 Å². The molecule has 1 saturated heterocycles. The minimum absolute atomic E-state index is 0.0257. The maximum absolute atomic E-state index is 12.1. The molecule has 3 rings (SSSR count). The van der Waals surface area contributed by atoms with Gasteiger partial charge in [0.15, 0.2) is 5.96 Å². The summed E-state index contributed by atoms with van der Waals surface area (Å²) < 4.78 is 0. The maximum atomic E-state index is 12.1. The van der Waals surface area contributed by atoms with Gasteiger partial charge < -0.3 is 20.9 Å². The first-order valence-electron chi connectivity index (χ1n) is 10.4. The zero-order valence-electron chi connectivity index (χ0n) is 17.1. The first-order chi connectivity index (χ1) is 14.2. The van der Waals surface area contributed by atoms with Gasteiger partial charge in [-0.15, -0.1) is 11.3 Å². The van der Waals surface area contributed by atoms with Crippen molar-refractivity contribution in [3.8, 4) is 0 Å². The molecule has 156 valence electrons. The van der Waals surface area contributed by atoms with Gasteiger partial charge in [0.2, 0.25) is 5.91 Å². The van der Waals surface area contributed by atoms with Crippen LogP contribution in [0.2, 0.25) is 0 Å². The van der Waals surface area contributed by atoms with Gasteiger partial charge in [0, 0.05) is 38.6 Å². The predicted molar refractivity (Wildman–Crippen MR) is 122 cm³/mol. The molecule has 2 aromatic rings. The zero-order chi connectivity index (χ0) is 20.3. The monoisotopic (exact) mass is 413 g/mol. The lowest BCUT2D eigenvalue weighted by molar-refractivity contribution is -0.121. The van der Waals surface area contributed by atoms with Crippen LogP contribution < -0.4 is 20.9 Å². The summed E-state index contributed by atoms with van der Waals surface area (Å²) in [4.78, 5) is 19.1. The van der Waals surface area contributed by atoms with Crippen molar-refractivity contribution < 1.29 is 4.79 Å². The van der Waals surface area contributed by atoms with Crippen molar-refractivity contribution in [2.45, 2.75) is 38.8 Å². The lowest BCUT2D eigenvalue weighted by Crippen LogP contribution is -2.48. The number of nitrogens with one attached hydrogen (secondary N) is 3. The van der Waals surface area contributed by atoms with E-state index in [-0.39, 0.29) is 5.91 Å². The van der Waals surface area contributed by atoms with Crippen LogP contribution in [0, 0.1) is 0 Å². The van der Waals surface area contributed by atoms with Gasteiger partial charge in [0.05, 0.1) is 11.5 Å². The van der Waals surface area contributed by atoms with Crippen LogP contribution in [0.4, 0.5) is 5.00 Å². The maximum Gasteiger partial charge on any atom is 0.222 e. The van der Waals surface area contributed by atoms with E-state index < -0.39 is 0 Å². The number of benzene rings is 1. The molecule has 0 aliphatic carbocycles. The average molecular weight is 414 g/mol. The quantitative estimate of drug-likeness (QED) is 0.460. The van der Waals surface area contributed by atoms with Gasteiger partial charge in [-0.1, -0.05) is 30.3 Å². The molecule has 0 spiro atoms. The fourth-order valence-corrected chi connectivity index (χ4v) is 4.15. The number of carbonyl (C=O) groups is 1. The van der Waals surface area contributed by atoms with Gasteiger partial charge in [-0.05, 0) is 42.8 Å². The summed E-state index contributed by atoms with van der Waals surface area (Å²) in [5, 5.41) is 13.3. The van der Waals surface area contributed by atoms with Crippen LogP contribution in [0.25, 0.3) is 0 Å². The second kappa shape index (κ2) is 11.5. The molecule has 6 nitrogen and oxygen atoms in total. The second-order valence-electron chi connectivity index (χ2n) is 7.13. The van der Waals surface area contributed by atoms with E-state index >= 15 is 0 Å². The fraction of sp³-hybridized carbons (Fsp3) is 0.455. The van der Waals surface area contributed by atoms with E-state index in [1.807, 2.05) is 30.3 Å².